The van der Waals surface area contributed by atoms with Crippen LogP contribution in [0.2, 0.25) is 5.02 Å². The molecule has 1 heterocycles. The topological polar surface area (TPSA) is 73.9 Å². The first-order valence-corrected chi connectivity index (χ1v) is 8.91. The Balaban J connectivity index is 1.68. The first-order valence-electron chi connectivity index (χ1n) is 8.53. The van der Waals surface area contributed by atoms with E-state index >= 15 is 0 Å². The molecule has 7 heteroatoms. The van der Waals surface area contributed by atoms with Crippen molar-refractivity contribution in [3.63, 3.8) is 0 Å². The van der Waals surface area contributed by atoms with Crippen molar-refractivity contribution in [3.8, 4) is 11.5 Å². The zero-order valence-electron chi connectivity index (χ0n) is 15.3. The third kappa shape index (κ3) is 4.34. The van der Waals surface area contributed by atoms with Crippen LogP contribution in [0.4, 0.5) is 5.69 Å². The van der Waals surface area contributed by atoms with Crippen LogP contribution in [-0.4, -0.2) is 31.2 Å². The van der Waals surface area contributed by atoms with Gasteiger partial charge in [-0.05, 0) is 44.5 Å². The molecule has 0 spiro atoms. The summed E-state index contributed by atoms with van der Waals surface area (Å²) >= 11 is 6.14. The van der Waals surface area contributed by atoms with Crippen LogP contribution in [-0.2, 0) is 9.53 Å². The fraction of sp³-hybridized carbons (Fsp3) is 0.300. The van der Waals surface area contributed by atoms with Gasteiger partial charge >= 0.3 is 5.97 Å². The second kappa shape index (κ2) is 7.88. The summed E-state index contributed by atoms with van der Waals surface area (Å²) in [5, 5.41) is 3.02. The molecule has 3 rings (SSSR count). The second-order valence-electron chi connectivity index (χ2n) is 6.34. The number of halogens is 1. The minimum Gasteiger partial charge on any atom is -0.486 e. The van der Waals surface area contributed by atoms with Crippen molar-refractivity contribution in [2.45, 2.75) is 26.9 Å². The van der Waals surface area contributed by atoms with Gasteiger partial charge in [0.2, 0.25) is 0 Å². The van der Waals surface area contributed by atoms with E-state index in [4.69, 9.17) is 25.8 Å². The smallest absolute Gasteiger partial charge is 0.339 e. The number of benzene rings is 2. The van der Waals surface area contributed by atoms with Gasteiger partial charge in [0.25, 0.3) is 5.91 Å². The SMILES string of the molecule is Cc1ccc(NC(=O)C(C)OC(=O)c2cc(Cl)c3c(c2)OCCO3)c(C)c1. The van der Waals surface area contributed by atoms with Gasteiger partial charge < -0.3 is 19.5 Å². The van der Waals surface area contributed by atoms with E-state index < -0.39 is 18.0 Å². The number of nitrogens with one attached hydrogen (secondary N) is 1. The summed E-state index contributed by atoms with van der Waals surface area (Å²) in [6.07, 6.45) is -0.981. The standard InChI is InChI=1S/C20H20ClNO5/c1-11-4-5-16(12(2)8-11)22-19(23)13(3)27-20(24)14-9-15(21)18-17(10-14)25-6-7-26-18/h4-5,8-10,13H,6-7H2,1-3H3,(H,22,23). The highest BCUT2D eigenvalue weighted by molar-refractivity contribution is 6.32. The highest BCUT2D eigenvalue weighted by atomic mass is 35.5. The van der Waals surface area contributed by atoms with Gasteiger partial charge in [0.15, 0.2) is 17.6 Å². The van der Waals surface area contributed by atoms with Crippen LogP contribution in [0.3, 0.4) is 0 Å². The van der Waals surface area contributed by atoms with Gasteiger partial charge in [-0.1, -0.05) is 29.3 Å². The number of ether oxygens (including phenoxy) is 3. The molecule has 0 aliphatic carbocycles. The molecule has 0 fully saturated rings. The fourth-order valence-corrected chi connectivity index (χ4v) is 2.96. The summed E-state index contributed by atoms with van der Waals surface area (Å²) in [6, 6.07) is 8.61. The summed E-state index contributed by atoms with van der Waals surface area (Å²) in [4.78, 5) is 24.8. The number of anilines is 1. The Hall–Kier alpha value is -2.73. The lowest BCUT2D eigenvalue weighted by atomic mass is 10.1. The van der Waals surface area contributed by atoms with Crippen molar-refractivity contribution >= 4 is 29.2 Å². The van der Waals surface area contributed by atoms with Crippen LogP contribution in [0.5, 0.6) is 11.5 Å². The maximum atomic E-state index is 12.4. The summed E-state index contributed by atoms with van der Waals surface area (Å²) in [7, 11) is 0. The molecule has 2 aromatic rings. The molecule has 1 amide bonds. The van der Waals surface area contributed by atoms with E-state index in [1.54, 1.807) is 0 Å². The molecule has 0 radical (unpaired) electrons. The monoisotopic (exact) mass is 389 g/mol. The first-order chi connectivity index (χ1) is 12.8. The molecule has 1 aliphatic rings. The number of carbonyl (C=O) groups excluding carboxylic acids is 2. The number of rotatable bonds is 4. The van der Waals surface area contributed by atoms with E-state index in [1.165, 1.54) is 19.1 Å². The third-order valence-corrected chi connectivity index (χ3v) is 4.41. The molecule has 0 saturated heterocycles. The molecule has 0 saturated carbocycles. The van der Waals surface area contributed by atoms with E-state index in [1.807, 2.05) is 32.0 Å². The van der Waals surface area contributed by atoms with E-state index in [0.717, 1.165) is 11.1 Å². The van der Waals surface area contributed by atoms with E-state index in [9.17, 15) is 9.59 Å². The quantitative estimate of drug-likeness (QED) is 0.802. The van der Waals surface area contributed by atoms with Crippen molar-refractivity contribution < 1.29 is 23.8 Å². The van der Waals surface area contributed by atoms with Gasteiger partial charge in [-0.25, -0.2) is 4.79 Å². The molecule has 2 aromatic carbocycles. The minimum absolute atomic E-state index is 0.190. The Bertz CT molecular complexity index is 896. The number of amides is 1. The lowest BCUT2D eigenvalue weighted by molar-refractivity contribution is -0.123. The maximum Gasteiger partial charge on any atom is 0.339 e. The molecule has 6 nitrogen and oxygen atoms in total. The van der Waals surface area contributed by atoms with Crippen molar-refractivity contribution in [2.75, 3.05) is 18.5 Å². The molecule has 142 valence electrons. The summed E-state index contributed by atoms with van der Waals surface area (Å²) in [5.41, 5.74) is 2.90. The molecule has 0 bridgehead atoms. The first kappa shape index (κ1) is 19.0. The summed E-state index contributed by atoms with van der Waals surface area (Å²) < 4.78 is 16.1. The van der Waals surface area contributed by atoms with Gasteiger partial charge in [0.05, 0.1) is 10.6 Å². The number of fused-ring (bicyclic) bond motifs is 1. The zero-order valence-corrected chi connectivity index (χ0v) is 16.1. The normalized spacial score (nSPS) is 13.6. The Morgan fingerprint density at radius 1 is 1.15 bits per heavy atom. The molecule has 27 heavy (non-hydrogen) atoms. The lowest BCUT2D eigenvalue weighted by Gasteiger charge is -2.20. The van der Waals surface area contributed by atoms with Gasteiger partial charge in [-0.3, -0.25) is 4.79 Å². The Morgan fingerprint density at radius 2 is 1.89 bits per heavy atom. The van der Waals surface area contributed by atoms with E-state index in [2.05, 4.69) is 5.32 Å². The Labute approximate surface area is 162 Å². The molecule has 1 unspecified atom stereocenters. The van der Waals surface area contributed by atoms with Crippen LogP contribution in [0.25, 0.3) is 0 Å². The molecule has 1 atom stereocenters. The van der Waals surface area contributed by atoms with Crippen LogP contribution in [0, 0.1) is 13.8 Å². The minimum atomic E-state index is -0.981. The largest absolute Gasteiger partial charge is 0.486 e. The molecule has 1 N–H and O–H groups in total. The third-order valence-electron chi connectivity index (χ3n) is 4.13. The molecular formula is C20H20ClNO5. The maximum absolute atomic E-state index is 12.4. The van der Waals surface area contributed by atoms with Gasteiger partial charge in [0, 0.05) is 5.69 Å². The number of hydrogen-bond acceptors (Lipinski definition) is 5. The Kier molecular flexibility index (Phi) is 5.56. The fourth-order valence-electron chi connectivity index (χ4n) is 2.70. The average Bonchev–Trinajstić information content (AvgIpc) is 2.63. The Morgan fingerprint density at radius 3 is 2.63 bits per heavy atom. The van der Waals surface area contributed by atoms with Crippen molar-refractivity contribution in [1.29, 1.82) is 0 Å². The van der Waals surface area contributed by atoms with Crippen LogP contribution in [0.1, 0.15) is 28.4 Å². The van der Waals surface area contributed by atoms with Gasteiger partial charge in [0.1, 0.15) is 13.2 Å². The zero-order chi connectivity index (χ0) is 19.6. The second-order valence-corrected chi connectivity index (χ2v) is 6.74. The highest BCUT2D eigenvalue weighted by Gasteiger charge is 2.23. The van der Waals surface area contributed by atoms with E-state index in [-0.39, 0.29) is 10.6 Å². The van der Waals surface area contributed by atoms with Crippen molar-refractivity contribution in [1.82, 2.24) is 0 Å². The van der Waals surface area contributed by atoms with E-state index in [0.29, 0.717) is 30.4 Å². The highest BCUT2D eigenvalue weighted by Crippen LogP contribution is 2.38. The predicted molar refractivity (Wildman–Crippen MR) is 102 cm³/mol. The predicted octanol–water partition coefficient (Wildman–Crippen LogP) is 3.91. The van der Waals surface area contributed by atoms with Crippen molar-refractivity contribution in [2.24, 2.45) is 0 Å². The number of esters is 1. The van der Waals surface area contributed by atoms with Gasteiger partial charge in [-0.15, -0.1) is 0 Å². The summed E-state index contributed by atoms with van der Waals surface area (Å²) in [6.45, 7) is 6.15. The number of hydrogen-bond donors (Lipinski definition) is 1. The average molecular weight is 390 g/mol. The molecule has 0 aromatic heterocycles. The lowest BCUT2D eigenvalue weighted by Crippen LogP contribution is -2.30. The molecular weight excluding hydrogens is 370 g/mol. The molecule has 1 aliphatic heterocycles. The van der Waals surface area contributed by atoms with Crippen molar-refractivity contribution in [3.05, 3.63) is 52.0 Å². The van der Waals surface area contributed by atoms with Crippen LogP contribution in [0.15, 0.2) is 30.3 Å². The van der Waals surface area contributed by atoms with Crippen LogP contribution < -0.4 is 14.8 Å². The number of carbonyl (C=O) groups is 2. The van der Waals surface area contributed by atoms with Crippen LogP contribution >= 0.6 is 11.6 Å². The van der Waals surface area contributed by atoms with Gasteiger partial charge in [-0.2, -0.15) is 0 Å². The number of aryl methyl sites for hydroxylation is 2. The summed E-state index contributed by atoms with van der Waals surface area (Å²) in [5.74, 6) is -0.302.